The molecular weight excluding hydrogens is 260 g/mol. The average Bonchev–Trinajstić information content (AvgIpc) is 1.88. The molecule has 0 aromatic carbocycles. The van der Waals surface area contributed by atoms with Crippen LogP contribution in [0.4, 0.5) is 5.82 Å². The first kappa shape index (κ1) is 8.01. The second kappa shape index (κ2) is 3.34. The van der Waals surface area contributed by atoms with E-state index in [0.29, 0.717) is 5.82 Å². The fraction of sp³-hybridized carbons (Fsp3) is 0.167. The Morgan fingerprint density at radius 3 is 2.70 bits per heavy atom. The molecular formula is C6H6Br2N2. The lowest BCUT2D eigenvalue weighted by molar-refractivity contribution is 1.23. The Hall–Kier alpha value is -0.0900. The highest BCUT2D eigenvalue weighted by Crippen LogP contribution is 2.15. The van der Waals surface area contributed by atoms with E-state index >= 15 is 0 Å². The van der Waals surface area contributed by atoms with Gasteiger partial charge >= 0.3 is 0 Å². The molecule has 1 rings (SSSR count). The Balaban J connectivity index is 3.07. The zero-order valence-corrected chi connectivity index (χ0v) is 8.31. The van der Waals surface area contributed by atoms with E-state index in [2.05, 4.69) is 36.8 Å². The van der Waals surface area contributed by atoms with E-state index in [-0.39, 0.29) is 0 Å². The SMILES string of the molecule is Nc1nc(Br)ccc1CBr. The van der Waals surface area contributed by atoms with Crippen molar-refractivity contribution < 1.29 is 0 Å². The van der Waals surface area contributed by atoms with E-state index in [1.165, 1.54) is 0 Å². The molecule has 54 valence electrons. The maximum Gasteiger partial charge on any atom is 0.128 e. The monoisotopic (exact) mass is 264 g/mol. The zero-order valence-electron chi connectivity index (χ0n) is 5.14. The standard InChI is InChI=1S/C6H6Br2N2/c7-3-4-1-2-5(8)10-6(4)9/h1-2H,3H2,(H2,9,10). The maximum absolute atomic E-state index is 5.56. The van der Waals surface area contributed by atoms with Gasteiger partial charge in [-0.25, -0.2) is 4.98 Å². The molecule has 0 saturated heterocycles. The van der Waals surface area contributed by atoms with Gasteiger partial charge in [0.05, 0.1) is 0 Å². The van der Waals surface area contributed by atoms with Gasteiger partial charge in [0, 0.05) is 10.9 Å². The Morgan fingerprint density at radius 2 is 2.20 bits per heavy atom. The Labute approximate surface area is 76.1 Å². The highest BCUT2D eigenvalue weighted by molar-refractivity contribution is 9.10. The van der Waals surface area contributed by atoms with Crippen LogP contribution in [0.25, 0.3) is 0 Å². The summed E-state index contributed by atoms with van der Waals surface area (Å²) in [6.45, 7) is 0. The smallest absolute Gasteiger partial charge is 0.128 e. The molecule has 0 aliphatic rings. The van der Waals surface area contributed by atoms with Crippen LogP contribution in [0.15, 0.2) is 16.7 Å². The largest absolute Gasteiger partial charge is 0.383 e. The Bertz CT molecular complexity index is 237. The third kappa shape index (κ3) is 1.70. The van der Waals surface area contributed by atoms with Gasteiger partial charge in [-0.1, -0.05) is 22.0 Å². The molecule has 0 atom stereocenters. The topological polar surface area (TPSA) is 38.9 Å². The van der Waals surface area contributed by atoms with Crippen LogP contribution in [0.1, 0.15) is 5.56 Å². The molecule has 0 spiro atoms. The number of aromatic nitrogens is 1. The number of nitrogen functional groups attached to an aromatic ring is 1. The minimum absolute atomic E-state index is 0.575. The van der Waals surface area contributed by atoms with Crippen LogP contribution >= 0.6 is 31.9 Å². The van der Waals surface area contributed by atoms with Crippen LogP contribution in [0.5, 0.6) is 0 Å². The molecule has 0 fully saturated rings. The normalized spacial score (nSPS) is 9.80. The van der Waals surface area contributed by atoms with Gasteiger partial charge in [-0.3, -0.25) is 0 Å². The van der Waals surface area contributed by atoms with Gasteiger partial charge in [-0.05, 0) is 22.0 Å². The first-order chi connectivity index (χ1) is 4.74. The molecule has 10 heavy (non-hydrogen) atoms. The van der Waals surface area contributed by atoms with Gasteiger partial charge in [0.25, 0.3) is 0 Å². The summed E-state index contributed by atoms with van der Waals surface area (Å²) in [4.78, 5) is 4.01. The fourth-order valence-electron chi connectivity index (χ4n) is 0.592. The number of alkyl halides is 1. The van der Waals surface area contributed by atoms with Crippen molar-refractivity contribution in [2.45, 2.75) is 5.33 Å². The van der Waals surface area contributed by atoms with Crippen LogP contribution in [0, 0.1) is 0 Å². The van der Waals surface area contributed by atoms with Crippen molar-refractivity contribution >= 4 is 37.7 Å². The van der Waals surface area contributed by atoms with E-state index in [1.807, 2.05) is 12.1 Å². The molecule has 0 saturated carbocycles. The molecule has 2 N–H and O–H groups in total. The molecule has 1 aromatic heterocycles. The van der Waals surface area contributed by atoms with Crippen LogP contribution < -0.4 is 5.73 Å². The Morgan fingerprint density at radius 1 is 1.50 bits per heavy atom. The molecule has 2 nitrogen and oxygen atoms in total. The molecule has 1 heterocycles. The molecule has 0 aliphatic carbocycles. The molecule has 0 radical (unpaired) electrons. The number of rotatable bonds is 1. The summed E-state index contributed by atoms with van der Waals surface area (Å²) >= 11 is 6.52. The van der Waals surface area contributed by atoms with Crippen molar-refractivity contribution in [1.29, 1.82) is 0 Å². The summed E-state index contributed by atoms with van der Waals surface area (Å²) in [5.41, 5.74) is 6.58. The van der Waals surface area contributed by atoms with E-state index in [4.69, 9.17) is 5.73 Å². The van der Waals surface area contributed by atoms with Gasteiger partial charge in [-0.2, -0.15) is 0 Å². The number of anilines is 1. The molecule has 1 aromatic rings. The van der Waals surface area contributed by atoms with Gasteiger partial charge in [0.1, 0.15) is 10.4 Å². The summed E-state index contributed by atoms with van der Waals surface area (Å²) in [5.74, 6) is 0.575. The number of nitrogens with two attached hydrogens (primary N) is 1. The molecule has 0 amide bonds. The van der Waals surface area contributed by atoms with E-state index in [1.54, 1.807) is 0 Å². The second-order valence-electron chi connectivity index (χ2n) is 1.81. The summed E-state index contributed by atoms with van der Waals surface area (Å²) in [5, 5.41) is 0.749. The first-order valence-corrected chi connectivity index (χ1v) is 4.62. The third-order valence-electron chi connectivity index (χ3n) is 1.12. The summed E-state index contributed by atoms with van der Waals surface area (Å²) in [7, 11) is 0. The molecule has 0 bridgehead atoms. The van der Waals surface area contributed by atoms with Crippen LogP contribution in [0.3, 0.4) is 0 Å². The summed E-state index contributed by atoms with van der Waals surface area (Å²) in [6.07, 6.45) is 0. The third-order valence-corrected chi connectivity index (χ3v) is 2.17. The number of pyridine rings is 1. The summed E-state index contributed by atoms with van der Waals surface area (Å²) < 4.78 is 0.773. The van der Waals surface area contributed by atoms with Crippen molar-refractivity contribution in [3.63, 3.8) is 0 Å². The van der Waals surface area contributed by atoms with E-state index < -0.39 is 0 Å². The predicted molar refractivity (Wildman–Crippen MR) is 49.0 cm³/mol. The minimum atomic E-state index is 0.575. The first-order valence-electron chi connectivity index (χ1n) is 2.71. The average molecular weight is 266 g/mol. The van der Waals surface area contributed by atoms with Crippen LogP contribution in [-0.2, 0) is 5.33 Å². The van der Waals surface area contributed by atoms with Gasteiger partial charge in [-0.15, -0.1) is 0 Å². The van der Waals surface area contributed by atoms with Crippen molar-refractivity contribution in [1.82, 2.24) is 4.98 Å². The number of hydrogen-bond donors (Lipinski definition) is 1. The zero-order chi connectivity index (χ0) is 7.56. The lowest BCUT2D eigenvalue weighted by Gasteiger charge is -1.99. The van der Waals surface area contributed by atoms with Gasteiger partial charge < -0.3 is 5.73 Å². The quantitative estimate of drug-likeness (QED) is 0.625. The lowest BCUT2D eigenvalue weighted by atomic mass is 10.3. The van der Waals surface area contributed by atoms with Crippen molar-refractivity contribution in [2.75, 3.05) is 5.73 Å². The minimum Gasteiger partial charge on any atom is -0.383 e. The van der Waals surface area contributed by atoms with Crippen molar-refractivity contribution in [3.05, 3.63) is 22.3 Å². The number of hydrogen-bond acceptors (Lipinski definition) is 2. The number of nitrogens with zero attached hydrogens (tertiary/aromatic N) is 1. The molecule has 0 aliphatic heterocycles. The maximum atomic E-state index is 5.56. The van der Waals surface area contributed by atoms with E-state index in [0.717, 1.165) is 15.5 Å². The van der Waals surface area contributed by atoms with Crippen molar-refractivity contribution in [2.24, 2.45) is 0 Å². The highest BCUT2D eigenvalue weighted by Gasteiger charge is 1.97. The van der Waals surface area contributed by atoms with Gasteiger partial charge in [0.2, 0.25) is 0 Å². The Kier molecular flexibility index (Phi) is 2.68. The van der Waals surface area contributed by atoms with Gasteiger partial charge in [0.15, 0.2) is 0 Å². The van der Waals surface area contributed by atoms with E-state index in [9.17, 15) is 0 Å². The fourth-order valence-corrected chi connectivity index (χ4v) is 1.39. The van der Waals surface area contributed by atoms with Crippen LogP contribution in [0.2, 0.25) is 0 Å². The molecule has 0 unspecified atom stereocenters. The summed E-state index contributed by atoms with van der Waals surface area (Å²) in [6, 6.07) is 3.80. The predicted octanol–water partition coefficient (Wildman–Crippen LogP) is 2.32. The second-order valence-corrected chi connectivity index (χ2v) is 3.19. The molecule has 4 heteroatoms. The highest BCUT2D eigenvalue weighted by atomic mass is 79.9. The van der Waals surface area contributed by atoms with Crippen molar-refractivity contribution in [3.8, 4) is 0 Å². The number of halogens is 2. The lowest BCUT2D eigenvalue weighted by Crippen LogP contribution is -1.94. The van der Waals surface area contributed by atoms with Crippen LogP contribution in [-0.4, -0.2) is 4.98 Å².